The number of nitrogens with one attached hydrogen (secondary N) is 1. The first-order valence-corrected chi connectivity index (χ1v) is 13.7. The van der Waals surface area contributed by atoms with Gasteiger partial charge in [-0.05, 0) is 71.8 Å². The molecule has 4 rings (SSSR count). The molecule has 0 saturated heterocycles. The van der Waals surface area contributed by atoms with Gasteiger partial charge in [-0.15, -0.1) is 0 Å². The van der Waals surface area contributed by atoms with Crippen molar-refractivity contribution in [2.45, 2.75) is 58.9 Å². The van der Waals surface area contributed by atoms with Crippen LogP contribution >= 0.6 is 15.9 Å². The average molecular weight is 579 g/mol. The minimum absolute atomic E-state index is 0.0306. The number of allylic oxidation sites excluding steroid dienone is 2. The Morgan fingerprint density at radius 2 is 2.05 bits per heavy atom. The number of ketones is 1. The van der Waals surface area contributed by atoms with E-state index < -0.39 is 16.8 Å². The number of halogens is 1. The molecule has 0 aromatic heterocycles. The minimum atomic E-state index is -0.550. The summed E-state index contributed by atoms with van der Waals surface area (Å²) in [6, 6.07) is 12.7. The number of hydrogen-bond donors (Lipinski definition) is 1. The molecule has 0 amide bonds. The monoisotopic (exact) mass is 578 g/mol. The van der Waals surface area contributed by atoms with Crippen LogP contribution in [0.25, 0.3) is 0 Å². The fourth-order valence-electron chi connectivity index (χ4n) is 5.47. The van der Waals surface area contributed by atoms with Crippen molar-refractivity contribution in [1.82, 2.24) is 0 Å². The third-order valence-electron chi connectivity index (χ3n) is 7.14. The zero-order valence-electron chi connectivity index (χ0n) is 21.8. The Kier molecular flexibility index (Phi) is 8.62. The first-order valence-electron chi connectivity index (χ1n) is 12.9. The van der Waals surface area contributed by atoms with E-state index in [-0.39, 0.29) is 17.4 Å². The van der Waals surface area contributed by atoms with E-state index in [9.17, 15) is 20.2 Å². The van der Waals surface area contributed by atoms with E-state index in [4.69, 9.17) is 9.73 Å². The number of hydrogen-bond acceptors (Lipinski definition) is 7. The summed E-state index contributed by atoms with van der Waals surface area (Å²) in [6.45, 7) is 6.65. The predicted molar refractivity (Wildman–Crippen MR) is 150 cm³/mol. The average Bonchev–Trinajstić information content (AvgIpc) is 2.87. The van der Waals surface area contributed by atoms with Gasteiger partial charge in [0.15, 0.2) is 5.78 Å². The molecule has 2 aromatic carbocycles. The topological polar surface area (TPSA) is 118 Å². The van der Waals surface area contributed by atoms with Gasteiger partial charge in [0.2, 0.25) is 0 Å². The highest BCUT2D eigenvalue weighted by Crippen LogP contribution is 2.47. The molecule has 1 heterocycles. The predicted octanol–water partition coefficient (Wildman–Crippen LogP) is 7.10. The fraction of sp³-hybridized carbons (Fsp3) is 0.414. The second-order valence-corrected chi connectivity index (χ2v) is 10.6. The molecule has 0 bridgehead atoms. The second-order valence-electron chi connectivity index (χ2n) is 9.77. The van der Waals surface area contributed by atoms with Gasteiger partial charge in [0.25, 0.3) is 5.69 Å². The van der Waals surface area contributed by atoms with Crippen LogP contribution in [0.4, 0.5) is 11.4 Å². The molecular weight excluding hydrogens is 548 g/mol. The highest BCUT2D eigenvalue weighted by atomic mass is 79.9. The Bertz CT molecular complexity index is 1360. The van der Waals surface area contributed by atoms with Crippen LogP contribution in [0.3, 0.4) is 0 Å². The number of benzene rings is 2. The van der Waals surface area contributed by atoms with Crippen LogP contribution < -0.4 is 10.1 Å². The molecule has 0 saturated carbocycles. The number of aliphatic imine (C=N–C) groups is 1. The van der Waals surface area contributed by atoms with E-state index in [0.29, 0.717) is 36.6 Å². The van der Waals surface area contributed by atoms with Gasteiger partial charge < -0.3 is 10.1 Å². The van der Waals surface area contributed by atoms with Crippen LogP contribution in [0.1, 0.15) is 63.5 Å². The van der Waals surface area contributed by atoms with Crippen molar-refractivity contribution in [3.05, 3.63) is 73.4 Å². The summed E-state index contributed by atoms with van der Waals surface area (Å²) in [6.07, 6.45) is 3.23. The van der Waals surface area contributed by atoms with Crippen LogP contribution in [0.15, 0.2) is 57.1 Å². The van der Waals surface area contributed by atoms with E-state index in [1.165, 1.54) is 12.1 Å². The second kappa shape index (κ2) is 11.9. The van der Waals surface area contributed by atoms with Gasteiger partial charge in [0.1, 0.15) is 5.75 Å². The number of carbonyl (C=O) groups excluding carboxylic acids is 1. The lowest BCUT2D eigenvalue weighted by atomic mass is 9.70. The molecule has 0 fully saturated rings. The van der Waals surface area contributed by atoms with E-state index in [0.717, 1.165) is 46.3 Å². The normalized spacial score (nSPS) is 20.9. The van der Waals surface area contributed by atoms with Gasteiger partial charge in [-0.2, -0.15) is 5.26 Å². The van der Waals surface area contributed by atoms with Gasteiger partial charge in [0, 0.05) is 52.5 Å². The summed E-state index contributed by atoms with van der Waals surface area (Å²) in [5, 5.41) is 24.6. The molecule has 8 nitrogen and oxygen atoms in total. The molecule has 3 unspecified atom stereocenters. The summed E-state index contributed by atoms with van der Waals surface area (Å²) >= 11 is 3.67. The number of rotatable bonds is 9. The van der Waals surface area contributed by atoms with Crippen LogP contribution in [0.2, 0.25) is 0 Å². The lowest BCUT2D eigenvalue weighted by Gasteiger charge is -2.35. The largest absolute Gasteiger partial charge is 0.492 e. The number of carbonyl (C=O) groups is 1. The van der Waals surface area contributed by atoms with Gasteiger partial charge in [-0.25, -0.2) is 0 Å². The number of ether oxygens (including phenoxy) is 1. The molecule has 2 aliphatic rings. The molecule has 1 aliphatic carbocycles. The zero-order valence-corrected chi connectivity index (χ0v) is 23.4. The standard InChI is InChI=1S/C29H31BrN4O4/c1-4-7-18-11-24-28(25(35)12-18)27(22(15-31)17(3)33-24)20-13-23(30)29(26(14-20)38-5-2)32-16-19-8-6-9-21(10-19)34(36)37/h6,8-10,13-14,18,22,27,32H,4-5,7,11-12,16H2,1-3H3. The van der Waals surface area contributed by atoms with E-state index in [1.54, 1.807) is 6.07 Å². The number of nitro groups is 1. The van der Waals surface area contributed by atoms with Crippen molar-refractivity contribution in [2.75, 3.05) is 11.9 Å². The smallest absolute Gasteiger partial charge is 0.269 e. The molecule has 2 aromatic rings. The summed E-state index contributed by atoms with van der Waals surface area (Å²) in [7, 11) is 0. The Morgan fingerprint density at radius 3 is 2.74 bits per heavy atom. The molecule has 3 atom stereocenters. The molecule has 0 radical (unpaired) electrons. The van der Waals surface area contributed by atoms with Crippen molar-refractivity contribution in [3.63, 3.8) is 0 Å². The van der Waals surface area contributed by atoms with E-state index in [2.05, 4.69) is 34.2 Å². The third-order valence-corrected chi connectivity index (χ3v) is 7.76. The Morgan fingerprint density at radius 1 is 1.26 bits per heavy atom. The highest BCUT2D eigenvalue weighted by molar-refractivity contribution is 9.10. The Labute approximate surface area is 231 Å². The van der Waals surface area contributed by atoms with Gasteiger partial charge in [0.05, 0.1) is 29.2 Å². The summed E-state index contributed by atoms with van der Waals surface area (Å²) in [5.74, 6) is -0.0378. The lowest BCUT2D eigenvalue weighted by molar-refractivity contribution is -0.384. The minimum Gasteiger partial charge on any atom is -0.492 e. The van der Waals surface area contributed by atoms with E-state index in [1.807, 2.05) is 32.0 Å². The van der Waals surface area contributed by atoms with Gasteiger partial charge in [-0.3, -0.25) is 19.9 Å². The van der Waals surface area contributed by atoms with Crippen molar-refractivity contribution in [3.8, 4) is 11.8 Å². The number of nitrogens with zero attached hydrogens (tertiary/aromatic N) is 3. The highest BCUT2D eigenvalue weighted by Gasteiger charge is 2.41. The van der Waals surface area contributed by atoms with Crippen molar-refractivity contribution < 1.29 is 14.5 Å². The Balaban J connectivity index is 1.72. The number of nitro benzene ring substituents is 1. The maximum Gasteiger partial charge on any atom is 0.269 e. The van der Waals surface area contributed by atoms with Crippen molar-refractivity contribution >= 4 is 38.8 Å². The van der Waals surface area contributed by atoms with Crippen molar-refractivity contribution in [2.24, 2.45) is 16.8 Å². The van der Waals surface area contributed by atoms with Crippen molar-refractivity contribution in [1.29, 1.82) is 5.26 Å². The molecule has 0 spiro atoms. The number of nitriles is 1. The van der Waals surface area contributed by atoms with Crippen LogP contribution in [0.5, 0.6) is 5.75 Å². The zero-order chi connectivity index (χ0) is 27.4. The van der Waals surface area contributed by atoms with Gasteiger partial charge >= 0.3 is 0 Å². The molecule has 198 valence electrons. The summed E-state index contributed by atoms with van der Waals surface area (Å²) < 4.78 is 6.71. The lowest BCUT2D eigenvalue weighted by Crippen LogP contribution is -2.32. The SMILES string of the molecule is CCCC1CC(=O)C2=C(C1)N=C(C)C(C#N)C2c1cc(Br)c(NCc2cccc([N+](=O)[O-])c2)c(OCC)c1. The number of non-ortho nitro benzene ring substituents is 1. The summed E-state index contributed by atoms with van der Waals surface area (Å²) in [5.41, 5.74) is 4.49. The quantitative estimate of drug-likeness (QED) is 0.250. The summed E-state index contributed by atoms with van der Waals surface area (Å²) in [4.78, 5) is 28.9. The first kappa shape index (κ1) is 27.5. The molecule has 9 heteroatoms. The molecular formula is C29H31BrN4O4. The molecule has 38 heavy (non-hydrogen) atoms. The van der Waals surface area contributed by atoms with E-state index >= 15 is 0 Å². The third kappa shape index (κ3) is 5.65. The first-order chi connectivity index (χ1) is 18.3. The van der Waals surface area contributed by atoms with Gasteiger partial charge in [-0.1, -0.05) is 25.5 Å². The Hall–Kier alpha value is -3.51. The van der Waals surface area contributed by atoms with Crippen LogP contribution in [-0.4, -0.2) is 23.0 Å². The van der Waals surface area contributed by atoms with Crippen LogP contribution in [-0.2, 0) is 11.3 Å². The maximum absolute atomic E-state index is 13.4. The number of anilines is 1. The molecule has 1 aliphatic heterocycles. The van der Waals surface area contributed by atoms with Crippen LogP contribution in [0, 0.1) is 33.3 Å². The number of Topliss-reactive ketones (excluding diaryl/α,β-unsaturated/α-hetero) is 1. The maximum atomic E-state index is 13.4. The fourth-order valence-corrected chi connectivity index (χ4v) is 6.07. The molecule has 1 N–H and O–H groups in total.